The Morgan fingerprint density at radius 3 is 2.59 bits per heavy atom. The van der Waals surface area contributed by atoms with Gasteiger partial charge in [0.1, 0.15) is 0 Å². The van der Waals surface area contributed by atoms with Gasteiger partial charge in [-0.1, -0.05) is 0 Å². The smallest absolute Gasteiger partial charge is 0.338 e. The van der Waals surface area contributed by atoms with Gasteiger partial charge in [-0.05, 0) is 40.9 Å². The summed E-state index contributed by atoms with van der Waals surface area (Å²) in [6, 6.07) is 3.45. The first-order valence-corrected chi connectivity index (χ1v) is 7.66. The number of rotatable bonds is 3. The van der Waals surface area contributed by atoms with Gasteiger partial charge in [-0.2, -0.15) is 5.10 Å². The summed E-state index contributed by atoms with van der Waals surface area (Å²) in [6.07, 6.45) is 4.34. The molecule has 8 heteroatoms. The topological polar surface area (TPSA) is 88.6 Å². The number of carboxylic acid groups (broad SMARTS) is 1. The Hall–Kier alpha value is -2.09. The number of carbonyl (C=O) groups is 2. The van der Waals surface area contributed by atoms with Crippen molar-refractivity contribution >= 4 is 27.8 Å². The highest BCUT2D eigenvalue weighted by atomic mass is 79.9. The molecule has 1 N–H and O–H groups in total. The maximum absolute atomic E-state index is 12.3. The molecule has 0 aliphatic carbocycles. The van der Waals surface area contributed by atoms with Crippen LogP contribution in [0.2, 0.25) is 0 Å². The number of halogens is 1. The number of nitrogens with zero attached hydrogens (tertiary/aromatic N) is 3. The predicted octanol–water partition coefficient (Wildman–Crippen LogP) is 2.41. The highest BCUT2D eigenvalue weighted by Crippen LogP contribution is 2.24. The van der Waals surface area contributed by atoms with E-state index < -0.39 is 5.97 Å². The third-order valence-corrected chi connectivity index (χ3v) is 4.18. The second kappa shape index (κ2) is 5.96. The fraction of sp³-hybridized carbons (Fsp3) is 0.357. The lowest BCUT2D eigenvalue weighted by molar-refractivity contribution is 0.0656. The van der Waals surface area contributed by atoms with E-state index in [1.165, 1.54) is 12.4 Å². The molecule has 0 radical (unpaired) electrons. The monoisotopic (exact) mass is 367 g/mol. The second-order valence-electron chi connectivity index (χ2n) is 5.14. The summed E-state index contributed by atoms with van der Waals surface area (Å²) in [5, 5.41) is 13.0. The van der Waals surface area contributed by atoms with Crippen LogP contribution in [0.3, 0.4) is 0 Å². The van der Waals surface area contributed by atoms with Gasteiger partial charge in [0, 0.05) is 19.3 Å². The molecule has 1 saturated heterocycles. The molecule has 0 atom stereocenters. The van der Waals surface area contributed by atoms with Crippen LogP contribution in [-0.2, 0) is 0 Å². The minimum atomic E-state index is -0.984. The lowest BCUT2D eigenvalue weighted by Gasteiger charge is -2.31. The van der Waals surface area contributed by atoms with Crippen molar-refractivity contribution < 1.29 is 19.1 Å². The van der Waals surface area contributed by atoms with E-state index in [2.05, 4.69) is 21.0 Å². The van der Waals surface area contributed by atoms with Gasteiger partial charge in [0.25, 0.3) is 5.91 Å². The Bertz CT molecular complexity index is 701. The normalized spacial score (nSPS) is 16.0. The van der Waals surface area contributed by atoms with Gasteiger partial charge < -0.3 is 14.4 Å². The van der Waals surface area contributed by atoms with Crippen LogP contribution in [-0.4, -0.2) is 44.8 Å². The summed E-state index contributed by atoms with van der Waals surface area (Å²) in [5.41, 5.74) is 0.180. The van der Waals surface area contributed by atoms with Crippen LogP contribution >= 0.6 is 15.9 Å². The van der Waals surface area contributed by atoms with Crippen molar-refractivity contribution in [3.8, 4) is 0 Å². The zero-order chi connectivity index (χ0) is 15.7. The van der Waals surface area contributed by atoms with E-state index in [4.69, 9.17) is 9.52 Å². The molecule has 0 unspecified atom stereocenters. The molecule has 3 heterocycles. The first-order valence-electron chi connectivity index (χ1n) is 6.86. The van der Waals surface area contributed by atoms with Gasteiger partial charge in [0.15, 0.2) is 10.4 Å². The molecule has 2 aromatic heterocycles. The molecule has 22 heavy (non-hydrogen) atoms. The Morgan fingerprint density at radius 2 is 2.05 bits per heavy atom. The number of likely N-dealkylation sites (tertiary alicyclic amines) is 1. The minimum absolute atomic E-state index is 0.112. The van der Waals surface area contributed by atoms with Crippen molar-refractivity contribution in [2.24, 2.45) is 0 Å². The minimum Gasteiger partial charge on any atom is -0.478 e. The van der Waals surface area contributed by atoms with E-state index in [1.54, 1.807) is 21.7 Å². The lowest BCUT2D eigenvalue weighted by Crippen LogP contribution is -2.39. The van der Waals surface area contributed by atoms with E-state index >= 15 is 0 Å². The fourth-order valence-electron chi connectivity index (χ4n) is 2.57. The van der Waals surface area contributed by atoms with Crippen molar-refractivity contribution in [2.45, 2.75) is 18.9 Å². The van der Waals surface area contributed by atoms with Gasteiger partial charge in [-0.3, -0.25) is 9.48 Å². The molecule has 1 amide bonds. The predicted molar refractivity (Wildman–Crippen MR) is 79.8 cm³/mol. The van der Waals surface area contributed by atoms with Crippen LogP contribution in [0, 0.1) is 0 Å². The Kier molecular flexibility index (Phi) is 4.02. The van der Waals surface area contributed by atoms with Crippen LogP contribution in [0.1, 0.15) is 39.8 Å². The van der Waals surface area contributed by atoms with E-state index in [-0.39, 0.29) is 17.5 Å². The summed E-state index contributed by atoms with van der Waals surface area (Å²) < 4.78 is 7.49. The first kappa shape index (κ1) is 14.8. The van der Waals surface area contributed by atoms with Crippen LogP contribution in [0.25, 0.3) is 0 Å². The van der Waals surface area contributed by atoms with Crippen molar-refractivity contribution in [1.29, 1.82) is 0 Å². The number of aromatic carboxylic acids is 1. The average molecular weight is 368 g/mol. The highest BCUT2D eigenvalue weighted by molar-refractivity contribution is 9.10. The molecule has 0 spiro atoms. The first-order chi connectivity index (χ1) is 10.5. The standard InChI is InChI=1S/C14H14BrN3O4/c15-12-2-1-11(22-12)13(19)17-5-3-10(4-6-17)18-8-9(7-16-18)14(20)21/h1-2,7-8,10H,3-6H2,(H,20,21). The summed E-state index contributed by atoms with van der Waals surface area (Å²) in [5.74, 6) is -0.796. The number of carboxylic acids is 1. The Labute approximate surface area is 134 Å². The maximum atomic E-state index is 12.3. The molecule has 1 aliphatic rings. The number of hydrogen-bond acceptors (Lipinski definition) is 4. The Morgan fingerprint density at radius 1 is 1.32 bits per heavy atom. The van der Waals surface area contributed by atoms with Crippen molar-refractivity contribution in [3.63, 3.8) is 0 Å². The summed E-state index contributed by atoms with van der Waals surface area (Å²) in [7, 11) is 0. The van der Waals surface area contributed by atoms with Gasteiger partial charge >= 0.3 is 5.97 Å². The Balaban J connectivity index is 1.62. The number of hydrogen-bond donors (Lipinski definition) is 1. The molecule has 3 rings (SSSR count). The maximum Gasteiger partial charge on any atom is 0.338 e. The zero-order valence-corrected chi connectivity index (χ0v) is 13.2. The van der Waals surface area contributed by atoms with Gasteiger partial charge in [-0.15, -0.1) is 0 Å². The third kappa shape index (κ3) is 2.92. The van der Waals surface area contributed by atoms with Crippen molar-refractivity contribution in [3.05, 3.63) is 40.5 Å². The quantitative estimate of drug-likeness (QED) is 0.899. The highest BCUT2D eigenvalue weighted by Gasteiger charge is 2.26. The largest absolute Gasteiger partial charge is 0.478 e. The molecule has 116 valence electrons. The number of aromatic nitrogens is 2. The number of amides is 1. The fourth-order valence-corrected chi connectivity index (χ4v) is 2.87. The molecule has 0 aromatic carbocycles. The van der Waals surface area contributed by atoms with Crippen LogP contribution in [0.4, 0.5) is 0 Å². The van der Waals surface area contributed by atoms with E-state index in [0.29, 0.717) is 23.5 Å². The third-order valence-electron chi connectivity index (χ3n) is 3.76. The summed E-state index contributed by atoms with van der Waals surface area (Å²) in [4.78, 5) is 24.9. The van der Waals surface area contributed by atoms with Crippen LogP contribution in [0.15, 0.2) is 33.6 Å². The lowest BCUT2D eigenvalue weighted by atomic mass is 10.1. The van der Waals surface area contributed by atoms with Crippen LogP contribution in [0.5, 0.6) is 0 Å². The SMILES string of the molecule is O=C(O)c1cnn(C2CCN(C(=O)c3ccc(Br)o3)CC2)c1. The molecule has 0 saturated carbocycles. The van der Waals surface area contributed by atoms with E-state index in [9.17, 15) is 9.59 Å². The number of carbonyl (C=O) groups excluding carboxylic acids is 1. The molecule has 7 nitrogen and oxygen atoms in total. The summed E-state index contributed by atoms with van der Waals surface area (Å²) in [6.45, 7) is 1.17. The summed E-state index contributed by atoms with van der Waals surface area (Å²) >= 11 is 3.18. The van der Waals surface area contributed by atoms with Gasteiger partial charge in [0.2, 0.25) is 0 Å². The molecular formula is C14H14BrN3O4. The van der Waals surface area contributed by atoms with Gasteiger partial charge in [0.05, 0.1) is 17.8 Å². The molecule has 0 bridgehead atoms. The van der Waals surface area contributed by atoms with E-state index in [1.807, 2.05) is 0 Å². The zero-order valence-electron chi connectivity index (χ0n) is 11.6. The van der Waals surface area contributed by atoms with E-state index in [0.717, 1.165) is 12.8 Å². The molecule has 1 aliphatic heterocycles. The second-order valence-corrected chi connectivity index (χ2v) is 5.92. The molecular weight excluding hydrogens is 354 g/mol. The average Bonchev–Trinajstić information content (AvgIpc) is 3.16. The van der Waals surface area contributed by atoms with Crippen molar-refractivity contribution in [1.82, 2.24) is 14.7 Å². The van der Waals surface area contributed by atoms with Crippen molar-refractivity contribution in [2.75, 3.05) is 13.1 Å². The van der Waals surface area contributed by atoms with Crippen LogP contribution < -0.4 is 0 Å². The molecule has 2 aromatic rings. The number of furan rings is 1. The molecule has 1 fully saturated rings. The van der Waals surface area contributed by atoms with Gasteiger partial charge in [-0.25, -0.2) is 4.79 Å². The number of piperidine rings is 1.